The SMILES string of the molecule is CC1CCC(C(CCC(=O)N(C)C)C(=O)N(C)C)C(=O)C1O.[Ac]. The van der Waals surface area contributed by atoms with Gasteiger partial charge in [0.1, 0.15) is 6.10 Å². The van der Waals surface area contributed by atoms with Gasteiger partial charge < -0.3 is 14.9 Å². The zero-order valence-electron chi connectivity index (χ0n) is 14.8. The zero-order chi connectivity index (χ0) is 17.0. The summed E-state index contributed by atoms with van der Waals surface area (Å²) in [5.41, 5.74) is 0. The van der Waals surface area contributed by atoms with Crippen molar-refractivity contribution in [2.45, 2.75) is 38.7 Å². The van der Waals surface area contributed by atoms with E-state index in [1.807, 2.05) is 6.92 Å². The maximum absolute atomic E-state index is 12.4. The van der Waals surface area contributed by atoms with E-state index < -0.39 is 17.9 Å². The third-order valence-corrected chi connectivity index (χ3v) is 4.54. The summed E-state index contributed by atoms with van der Waals surface area (Å²) in [6.45, 7) is 1.84. The molecule has 1 fully saturated rings. The second kappa shape index (κ2) is 10.1. The molecule has 7 heteroatoms. The first-order chi connectivity index (χ1) is 10.2. The Morgan fingerprint density at radius 2 is 1.74 bits per heavy atom. The summed E-state index contributed by atoms with van der Waals surface area (Å²) < 4.78 is 0. The fraction of sp³-hybridized carbons (Fsp3) is 0.812. The molecule has 0 aromatic carbocycles. The smallest absolute Gasteiger partial charge is 0.225 e. The minimum Gasteiger partial charge on any atom is -0.385 e. The van der Waals surface area contributed by atoms with Crippen molar-refractivity contribution in [1.82, 2.24) is 9.80 Å². The van der Waals surface area contributed by atoms with Crippen molar-refractivity contribution >= 4 is 17.6 Å². The molecule has 1 aliphatic carbocycles. The number of aliphatic hydroxyl groups excluding tert-OH is 1. The summed E-state index contributed by atoms with van der Waals surface area (Å²) in [6, 6.07) is 0. The van der Waals surface area contributed by atoms with Crippen molar-refractivity contribution in [2.24, 2.45) is 17.8 Å². The van der Waals surface area contributed by atoms with Gasteiger partial charge in [0.25, 0.3) is 0 Å². The maximum atomic E-state index is 12.4. The van der Waals surface area contributed by atoms with Crippen molar-refractivity contribution < 1.29 is 63.6 Å². The van der Waals surface area contributed by atoms with Crippen LogP contribution in [0.1, 0.15) is 32.6 Å². The molecule has 0 aromatic rings. The summed E-state index contributed by atoms with van der Waals surface area (Å²) in [5.74, 6) is -1.55. The molecule has 0 bridgehead atoms. The van der Waals surface area contributed by atoms with E-state index in [9.17, 15) is 19.5 Å². The van der Waals surface area contributed by atoms with Crippen LogP contribution < -0.4 is 0 Å². The Morgan fingerprint density at radius 1 is 1.17 bits per heavy atom. The van der Waals surface area contributed by atoms with Crippen molar-refractivity contribution in [3.8, 4) is 0 Å². The molecule has 129 valence electrons. The van der Waals surface area contributed by atoms with Gasteiger partial charge in [0.05, 0.1) is 0 Å². The molecule has 4 unspecified atom stereocenters. The molecule has 4 atom stereocenters. The normalized spacial score (nSPS) is 25.3. The van der Waals surface area contributed by atoms with Crippen LogP contribution in [-0.4, -0.2) is 66.8 Å². The Hall–Kier alpha value is 0.0116. The standard InChI is InChI=1S/C16H28N2O4.Ac/c1-10-6-7-11(15(21)14(10)20)12(16(22)18(4)5)8-9-13(19)17(2)3;/h10-12,14,20H,6-9H2,1-5H3;. The Kier molecular flexibility index (Phi) is 10.1. The van der Waals surface area contributed by atoms with Crippen LogP contribution in [0.15, 0.2) is 0 Å². The fourth-order valence-corrected chi connectivity index (χ4v) is 2.97. The third-order valence-electron chi connectivity index (χ3n) is 4.54. The predicted molar refractivity (Wildman–Crippen MR) is 83.0 cm³/mol. The van der Waals surface area contributed by atoms with E-state index in [-0.39, 0.29) is 74.0 Å². The van der Waals surface area contributed by atoms with Crippen LogP contribution in [0.25, 0.3) is 0 Å². The molecule has 0 spiro atoms. The maximum Gasteiger partial charge on any atom is 0.225 e. The number of rotatable bonds is 5. The van der Waals surface area contributed by atoms with Gasteiger partial charge in [-0.1, -0.05) is 6.92 Å². The largest absolute Gasteiger partial charge is 0.385 e. The molecule has 1 rings (SSSR count). The van der Waals surface area contributed by atoms with Crippen molar-refractivity contribution in [3.05, 3.63) is 0 Å². The van der Waals surface area contributed by atoms with E-state index in [1.54, 1.807) is 28.2 Å². The number of hydrogen-bond donors (Lipinski definition) is 1. The third kappa shape index (κ3) is 6.10. The number of Topliss-reactive ketones (excluding diaryl/α,β-unsaturated/α-hetero) is 1. The summed E-state index contributed by atoms with van der Waals surface area (Å²) in [6.07, 6.45) is 0.882. The number of carbonyl (C=O) groups is 3. The van der Waals surface area contributed by atoms with Gasteiger partial charge in [-0.15, -0.1) is 0 Å². The zero-order valence-corrected chi connectivity index (χ0v) is 19.5. The quantitative estimate of drug-likeness (QED) is 0.554. The molecule has 1 radical (unpaired) electrons. The minimum absolute atomic E-state index is 0. The van der Waals surface area contributed by atoms with E-state index in [0.717, 1.165) is 6.42 Å². The first-order valence-corrected chi connectivity index (χ1v) is 7.79. The van der Waals surface area contributed by atoms with Gasteiger partial charge in [0, 0.05) is 90.5 Å². The summed E-state index contributed by atoms with van der Waals surface area (Å²) >= 11 is 0. The van der Waals surface area contributed by atoms with Crippen LogP contribution in [0.3, 0.4) is 0 Å². The topological polar surface area (TPSA) is 77.9 Å². The average Bonchev–Trinajstić information content (AvgIpc) is 2.45. The molecule has 1 aliphatic rings. The number of hydrogen-bond acceptors (Lipinski definition) is 4. The molecule has 23 heavy (non-hydrogen) atoms. The van der Waals surface area contributed by atoms with Crippen molar-refractivity contribution in [1.29, 1.82) is 0 Å². The first-order valence-electron chi connectivity index (χ1n) is 7.79. The molecule has 1 N–H and O–H groups in total. The molecule has 6 nitrogen and oxygen atoms in total. The van der Waals surface area contributed by atoms with Crippen LogP contribution >= 0.6 is 0 Å². The molecule has 0 heterocycles. The van der Waals surface area contributed by atoms with E-state index >= 15 is 0 Å². The van der Waals surface area contributed by atoms with Crippen LogP contribution in [0.4, 0.5) is 0 Å². The fourth-order valence-electron chi connectivity index (χ4n) is 2.97. The Morgan fingerprint density at radius 3 is 2.22 bits per heavy atom. The summed E-state index contributed by atoms with van der Waals surface area (Å²) in [4.78, 5) is 39.5. The number of ketones is 1. The van der Waals surface area contributed by atoms with Gasteiger partial charge in [-0.05, 0) is 25.2 Å². The monoisotopic (exact) mass is 539 g/mol. The van der Waals surface area contributed by atoms with Crippen molar-refractivity contribution in [3.63, 3.8) is 0 Å². The number of amides is 2. The van der Waals surface area contributed by atoms with Crippen LogP contribution in [0, 0.1) is 61.8 Å². The molecule has 0 aliphatic heterocycles. The van der Waals surface area contributed by atoms with Gasteiger partial charge in [0.2, 0.25) is 11.8 Å². The van der Waals surface area contributed by atoms with E-state index in [1.165, 1.54) is 9.80 Å². The van der Waals surface area contributed by atoms with Gasteiger partial charge in [-0.25, -0.2) is 0 Å². The molecular formula is C16H28AcN2O4. The number of aliphatic hydroxyl groups is 1. The summed E-state index contributed by atoms with van der Waals surface area (Å²) in [7, 11) is 6.63. The van der Waals surface area contributed by atoms with Crippen molar-refractivity contribution in [2.75, 3.05) is 28.2 Å². The Labute approximate surface area is 174 Å². The minimum atomic E-state index is -0.999. The summed E-state index contributed by atoms with van der Waals surface area (Å²) in [5, 5.41) is 10.0. The second-order valence-electron chi connectivity index (χ2n) is 6.67. The molecule has 0 saturated heterocycles. The number of nitrogens with zero attached hydrogens (tertiary/aromatic N) is 2. The Bertz CT molecular complexity index is 440. The average molecular weight is 539 g/mol. The van der Waals surface area contributed by atoms with Gasteiger partial charge in [-0.3, -0.25) is 14.4 Å². The van der Waals surface area contributed by atoms with Crippen LogP contribution in [0.5, 0.6) is 0 Å². The second-order valence-corrected chi connectivity index (χ2v) is 6.67. The first kappa shape index (κ1) is 23.0. The van der Waals surface area contributed by atoms with Gasteiger partial charge in [-0.2, -0.15) is 0 Å². The van der Waals surface area contributed by atoms with E-state index in [2.05, 4.69) is 0 Å². The predicted octanol–water partition coefficient (Wildman–Crippen LogP) is 0.535. The number of carbonyl (C=O) groups excluding carboxylic acids is 3. The molecule has 1 saturated carbocycles. The van der Waals surface area contributed by atoms with Crippen LogP contribution in [0.2, 0.25) is 0 Å². The van der Waals surface area contributed by atoms with Crippen LogP contribution in [-0.2, 0) is 14.4 Å². The van der Waals surface area contributed by atoms with E-state index in [0.29, 0.717) is 12.8 Å². The molecular weight excluding hydrogens is 511 g/mol. The van der Waals surface area contributed by atoms with Gasteiger partial charge in [0.15, 0.2) is 5.78 Å². The molecule has 2 amide bonds. The Balaban J connectivity index is 0.00000484. The molecule has 0 aromatic heterocycles. The van der Waals surface area contributed by atoms with E-state index in [4.69, 9.17) is 0 Å². The van der Waals surface area contributed by atoms with Gasteiger partial charge >= 0.3 is 0 Å².